The third kappa shape index (κ3) is 3.81. The summed E-state index contributed by atoms with van der Waals surface area (Å²) in [6.45, 7) is 3.61. The van der Waals surface area contributed by atoms with Gasteiger partial charge in [-0.05, 0) is 43.5 Å². The van der Waals surface area contributed by atoms with Crippen LogP contribution in [0.4, 0.5) is 0 Å². The molecule has 2 aromatic rings. The Kier molecular flexibility index (Phi) is 5.11. The van der Waals surface area contributed by atoms with Crippen molar-refractivity contribution in [3.8, 4) is 0 Å². The molecule has 23 heavy (non-hydrogen) atoms. The summed E-state index contributed by atoms with van der Waals surface area (Å²) in [6, 6.07) is 10.3. The van der Waals surface area contributed by atoms with Crippen LogP contribution in [0.25, 0.3) is 0 Å². The zero-order valence-corrected chi connectivity index (χ0v) is 13.8. The van der Waals surface area contributed by atoms with Crippen molar-refractivity contribution in [2.24, 2.45) is 0 Å². The van der Waals surface area contributed by atoms with Crippen LogP contribution in [0, 0.1) is 0 Å². The third-order valence-electron chi connectivity index (χ3n) is 4.72. The van der Waals surface area contributed by atoms with Gasteiger partial charge >= 0.3 is 0 Å². The third-order valence-corrected chi connectivity index (χ3v) is 4.72. The van der Waals surface area contributed by atoms with Gasteiger partial charge < -0.3 is 4.90 Å². The normalized spacial score (nSPS) is 15.5. The summed E-state index contributed by atoms with van der Waals surface area (Å²) in [6.07, 6.45) is 9.83. The molecule has 1 amide bonds. The lowest BCUT2D eigenvalue weighted by Crippen LogP contribution is -2.41. The maximum atomic E-state index is 12.8. The first-order chi connectivity index (χ1) is 11.3. The standard InChI is InChI=1S/C19H25N3O/c1-2-22(18-7-4-3-5-8-18)19(23)17-11-9-16(10-12-17)15-21-14-6-13-20-21/h6,9-14,18H,2-5,7-8,15H2,1H3. The van der Waals surface area contributed by atoms with Crippen LogP contribution in [0.15, 0.2) is 42.7 Å². The highest BCUT2D eigenvalue weighted by atomic mass is 16.2. The van der Waals surface area contributed by atoms with E-state index in [0.29, 0.717) is 6.04 Å². The van der Waals surface area contributed by atoms with Gasteiger partial charge in [-0.25, -0.2) is 0 Å². The molecule has 0 saturated heterocycles. The lowest BCUT2D eigenvalue weighted by atomic mass is 9.93. The van der Waals surface area contributed by atoms with Crippen LogP contribution in [0.1, 0.15) is 54.9 Å². The van der Waals surface area contributed by atoms with E-state index in [4.69, 9.17) is 0 Å². The Morgan fingerprint density at radius 2 is 1.96 bits per heavy atom. The minimum Gasteiger partial charge on any atom is -0.336 e. The average Bonchev–Trinajstić information content (AvgIpc) is 3.10. The first-order valence-corrected chi connectivity index (χ1v) is 8.65. The molecule has 1 aliphatic rings. The van der Waals surface area contributed by atoms with Crippen LogP contribution in [-0.2, 0) is 6.54 Å². The van der Waals surface area contributed by atoms with Crippen LogP contribution in [-0.4, -0.2) is 33.2 Å². The van der Waals surface area contributed by atoms with Crippen molar-refractivity contribution in [1.82, 2.24) is 14.7 Å². The van der Waals surface area contributed by atoms with E-state index in [9.17, 15) is 4.79 Å². The van der Waals surface area contributed by atoms with Crippen molar-refractivity contribution in [3.63, 3.8) is 0 Å². The Bertz CT molecular complexity index is 613. The fraction of sp³-hybridized carbons (Fsp3) is 0.474. The number of benzene rings is 1. The van der Waals surface area contributed by atoms with Crippen LogP contribution in [0.5, 0.6) is 0 Å². The number of aromatic nitrogens is 2. The number of hydrogen-bond donors (Lipinski definition) is 0. The zero-order valence-electron chi connectivity index (χ0n) is 13.8. The second-order valence-electron chi connectivity index (χ2n) is 6.28. The molecule has 0 aliphatic heterocycles. The molecule has 1 aliphatic carbocycles. The van der Waals surface area contributed by atoms with Gasteiger partial charge in [0.05, 0.1) is 6.54 Å². The summed E-state index contributed by atoms with van der Waals surface area (Å²) in [5.41, 5.74) is 1.95. The molecule has 4 heteroatoms. The van der Waals surface area contributed by atoms with E-state index in [2.05, 4.69) is 16.9 Å². The number of rotatable bonds is 5. The topological polar surface area (TPSA) is 38.1 Å². The fourth-order valence-corrected chi connectivity index (χ4v) is 3.46. The largest absolute Gasteiger partial charge is 0.336 e. The second-order valence-corrected chi connectivity index (χ2v) is 6.28. The van der Waals surface area contributed by atoms with E-state index in [1.54, 1.807) is 6.20 Å². The number of carbonyl (C=O) groups is 1. The lowest BCUT2D eigenvalue weighted by Gasteiger charge is -2.33. The van der Waals surface area contributed by atoms with Gasteiger partial charge in [-0.2, -0.15) is 5.10 Å². The van der Waals surface area contributed by atoms with Gasteiger partial charge in [0.1, 0.15) is 0 Å². The molecule has 0 N–H and O–H groups in total. The Hall–Kier alpha value is -2.10. The van der Waals surface area contributed by atoms with Gasteiger partial charge in [-0.3, -0.25) is 9.48 Å². The quantitative estimate of drug-likeness (QED) is 0.844. The summed E-state index contributed by atoms with van der Waals surface area (Å²) in [5.74, 6) is 0.171. The average molecular weight is 311 g/mol. The Morgan fingerprint density at radius 3 is 2.57 bits per heavy atom. The molecule has 0 radical (unpaired) electrons. The zero-order chi connectivity index (χ0) is 16.1. The van der Waals surface area contributed by atoms with Crippen molar-refractivity contribution in [3.05, 3.63) is 53.9 Å². The van der Waals surface area contributed by atoms with E-state index in [0.717, 1.165) is 37.1 Å². The first kappa shape index (κ1) is 15.8. The van der Waals surface area contributed by atoms with Crippen molar-refractivity contribution in [2.45, 2.75) is 51.6 Å². The van der Waals surface area contributed by atoms with Gasteiger partial charge in [0.25, 0.3) is 5.91 Å². The van der Waals surface area contributed by atoms with Gasteiger partial charge in [0, 0.05) is 30.5 Å². The SMILES string of the molecule is CCN(C(=O)c1ccc(Cn2cccn2)cc1)C1CCCCC1. The van der Waals surface area contributed by atoms with E-state index in [1.165, 1.54) is 19.3 Å². The molecule has 1 fully saturated rings. The highest BCUT2D eigenvalue weighted by Crippen LogP contribution is 2.24. The van der Waals surface area contributed by atoms with E-state index in [-0.39, 0.29) is 5.91 Å². The molecule has 0 spiro atoms. The van der Waals surface area contributed by atoms with Crippen molar-refractivity contribution in [1.29, 1.82) is 0 Å². The molecule has 0 unspecified atom stereocenters. The highest BCUT2D eigenvalue weighted by Gasteiger charge is 2.24. The lowest BCUT2D eigenvalue weighted by molar-refractivity contribution is 0.0648. The smallest absolute Gasteiger partial charge is 0.254 e. The molecule has 4 nitrogen and oxygen atoms in total. The molecule has 1 aromatic heterocycles. The van der Waals surface area contributed by atoms with E-state index < -0.39 is 0 Å². The molecular formula is C19H25N3O. The van der Waals surface area contributed by atoms with Crippen LogP contribution in [0.3, 0.4) is 0 Å². The molecule has 0 bridgehead atoms. The van der Waals surface area contributed by atoms with Crippen LogP contribution >= 0.6 is 0 Å². The van der Waals surface area contributed by atoms with Gasteiger partial charge in [0.15, 0.2) is 0 Å². The molecule has 1 saturated carbocycles. The molecule has 3 rings (SSSR count). The van der Waals surface area contributed by atoms with Gasteiger partial charge in [-0.1, -0.05) is 31.4 Å². The van der Waals surface area contributed by atoms with Crippen molar-refractivity contribution >= 4 is 5.91 Å². The molecular weight excluding hydrogens is 286 g/mol. The molecule has 1 aromatic carbocycles. The fourth-order valence-electron chi connectivity index (χ4n) is 3.46. The summed E-state index contributed by atoms with van der Waals surface area (Å²) >= 11 is 0. The van der Waals surface area contributed by atoms with E-state index in [1.807, 2.05) is 41.2 Å². The number of carbonyl (C=O) groups excluding carboxylic acids is 1. The monoisotopic (exact) mass is 311 g/mol. The summed E-state index contributed by atoms with van der Waals surface area (Å²) < 4.78 is 1.89. The number of hydrogen-bond acceptors (Lipinski definition) is 2. The van der Waals surface area contributed by atoms with Gasteiger partial charge in [-0.15, -0.1) is 0 Å². The maximum Gasteiger partial charge on any atom is 0.254 e. The molecule has 1 heterocycles. The minimum atomic E-state index is 0.171. The predicted octanol–water partition coefficient (Wildman–Crippen LogP) is 3.73. The summed E-state index contributed by atoms with van der Waals surface area (Å²) in [5, 5.41) is 4.21. The Morgan fingerprint density at radius 1 is 1.22 bits per heavy atom. The summed E-state index contributed by atoms with van der Waals surface area (Å²) in [7, 11) is 0. The number of nitrogens with zero attached hydrogens (tertiary/aromatic N) is 3. The second kappa shape index (κ2) is 7.44. The molecule has 0 atom stereocenters. The van der Waals surface area contributed by atoms with Crippen LogP contribution < -0.4 is 0 Å². The van der Waals surface area contributed by atoms with E-state index >= 15 is 0 Å². The number of amides is 1. The Balaban J connectivity index is 1.68. The molecule has 122 valence electrons. The summed E-state index contributed by atoms with van der Waals surface area (Å²) in [4.78, 5) is 14.9. The maximum absolute atomic E-state index is 12.8. The van der Waals surface area contributed by atoms with Crippen molar-refractivity contribution in [2.75, 3.05) is 6.54 Å². The predicted molar refractivity (Wildman–Crippen MR) is 91.4 cm³/mol. The highest BCUT2D eigenvalue weighted by molar-refractivity contribution is 5.94. The van der Waals surface area contributed by atoms with Crippen LogP contribution in [0.2, 0.25) is 0 Å². The minimum absolute atomic E-state index is 0.171. The van der Waals surface area contributed by atoms with Gasteiger partial charge in [0.2, 0.25) is 0 Å². The first-order valence-electron chi connectivity index (χ1n) is 8.65. The Labute approximate surface area is 138 Å². The van der Waals surface area contributed by atoms with Crippen molar-refractivity contribution < 1.29 is 4.79 Å².